The van der Waals surface area contributed by atoms with Gasteiger partial charge in [-0.1, -0.05) is 90.0 Å². The fourth-order valence-corrected chi connectivity index (χ4v) is 4.99. The molecule has 0 radical (unpaired) electrons. The number of hydrogen-bond acceptors (Lipinski definition) is 3. The third-order valence-electron chi connectivity index (χ3n) is 5.36. The maximum absolute atomic E-state index is 13.3. The van der Waals surface area contributed by atoms with E-state index in [9.17, 15) is 13.5 Å². The van der Waals surface area contributed by atoms with Gasteiger partial charge in [0.2, 0.25) is 10.0 Å². The van der Waals surface area contributed by atoms with Crippen molar-refractivity contribution in [2.24, 2.45) is 0 Å². The van der Waals surface area contributed by atoms with E-state index in [1.165, 1.54) is 15.4 Å². The Hall–Kier alpha value is -2.73. The molecule has 0 saturated heterocycles. The van der Waals surface area contributed by atoms with Crippen LogP contribution in [-0.4, -0.2) is 37.5 Å². The van der Waals surface area contributed by atoms with Crippen molar-refractivity contribution < 1.29 is 13.5 Å². The summed E-state index contributed by atoms with van der Waals surface area (Å²) in [5.41, 5.74) is 4.56. The number of aryl methyl sites for hydroxylation is 1. The van der Waals surface area contributed by atoms with Crippen LogP contribution in [0, 0.1) is 6.92 Å². The van der Waals surface area contributed by atoms with Gasteiger partial charge < -0.3 is 5.11 Å². The summed E-state index contributed by atoms with van der Waals surface area (Å²) in [5, 5.41) is 9.32. The van der Waals surface area contributed by atoms with E-state index in [1.807, 2.05) is 61.5 Å². The minimum Gasteiger partial charge on any atom is -0.396 e. The molecule has 0 fully saturated rings. The monoisotopic (exact) mass is 449 g/mol. The maximum Gasteiger partial charge on any atom is 0.243 e. The summed E-state index contributed by atoms with van der Waals surface area (Å²) in [6, 6.07) is 27.3. The summed E-state index contributed by atoms with van der Waals surface area (Å²) in [6.45, 7) is 2.42. The van der Waals surface area contributed by atoms with Crippen LogP contribution in [-0.2, 0) is 22.9 Å². The fraction of sp³-hybridized carbons (Fsp3) is 0.259. The number of rotatable bonds is 11. The normalized spacial score (nSPS) is 11.5. The minimum atomic E-state index is -3.65. The van der Waals surface area contributed by atoms with Crippen LogP contribution >= 0.6 is 0 Å². The van der Waals surface area contributed by atoms with E-state index in [1.54, 1.807) is 12.1 Å². The number of allylic oxidation sites excluding steroid dienone is 1. The molecule has 0 bridgehead atoms. The average Bonchev–Trinajstić information content (AvgIpc) is 2.80. The van der Waals surface area contributed by atoms with Gasteiger partial charge in [-0.2, -0.15) is 4.31 Å². The zero-order chi connectivity index (χ0) is 22.8. The molecule has 32 heavy (non-hydrogen) atoms. The van der Waals surface area contributed by atoms with Crippen molar-refractivity contribution >= 4 is 10.0 Å². The molecular weight excluding hydrogens is 418 g/mol. The molecule has 3 aromatic carbocycles. The van der Waals surface area contributed by atoms with Crippen molar-refractivity contribution in [3.8, 4) is 0 Å². The van der Waals surface area contributed by atoms with Crippen LogP contribution in [0.5, 0.6) is 0 Å². The van der Waals surface area contributed by atoms with Crippen molar-refractivity contribution in [3.63, 3.8) is 0 Å². The Balaban J connectivity index is 1.87. The number of aliphatic hydroxyl groups excluding tert-OH is 1. The van der Waals surface area contributed by atoms with Gasteiger partial charge >= 0.3 is 0 Å². The van der Waals surface area contributed by atoms with Crippen LogP contribution in [0.2, 0.25) is 0 Å². The highest BCUT2D eigenvalue weighted by Crippen LogP contribution is 2.19. The zero-order valence-electron chi connectivity index (χ0n) is 18.5. The van der Waals surface area contributed by atoms with Crippen LogP contribution in [0.25, 0.3) is 0 Å². The highest BCUT2D eigenvalue weighted by Gasteiger charge is 2.23. The van der Waals surface area contributed by atoms with E-state index < -0.39 is 10.0 Å². The molecule has 5 heteroatoms. The predicted octanol–water partition coefficient (Wildman–Crippen LogP) is 4.78. The summed E-state index contributed by atoms with van der Waals surface area (Å²) in [5.74, 6) is 0. The Morgan fingerprint density at radius 2 is 1.38 bits per heavy atom. The standard InChI is InChI=1S/C27H31NO3S/c1-23-13-15-27(16-14-23)32(30,31)28(18-8-20-29)19-17-26(21-24-9-4-2-5-10-24)22-25-11-6-3-7-12-25/h2-7,9-17,29H,8,18-22H2,1H3. The molecule has 0 saturated carbocycles. The first kappa shape index (κ1) is 23.9. The van der Waals surface area contributed by atoms with Crippen molar-refractivity contribution in [3.05, 3.63) is 113 Å². The van der Waals surface area contributed by atoms with Crippen molar-refractivity contribution in [2.45, 2.75) is 31.1 Å². The van der Waals surface area contributed by atoms with E-state index in [0.717, 1.165) is 24.0 Å². The van der Waals surface area contributed by atoms with E-state index in [0.29, 0.717) is 6.42 Å². The first-order valence-electron chi connectivity index (χ1n) is 10.9. The summed E-state index contributed by atoms with van der Waals surface area (Å²) < 4.78 is 28.0. The molecule has 0 spiro atoms. The second kappa shape index (κ2) is 11.8. The smallest absolute Gasteiger partial charge is 0.243 e. The van der Waals surface area contributed by atoms with Gasteiger partial charge in [-0.3, -0.25) is 0 Å². The number of benzene rings is 3. The van der Waals surface area contributed by atoms with Gasteiger partial charge in [0.15, 0.2) is 0 Å². The molecule has 0 heterocycles. The lowest BCUT2D eigenvalue weighted by Gasteiger charge is -2.21. The lowest BCUT2D eigenvalue weighted by molar-refractivity contribution is 0.272. The second-order valence-corrected chi connectivity index (χ2v) is 9.88. The summed E-state index contributed by atoms with van der Waals surface area (Å²) in [7, 11) is -3.65. The predicted molar refractivity (Wildman–Crippen MR) is 130 cm³/mol. The molecule has 0 aromatic heterocycles. The summed E-state index contributed by atoms with van der Waals surface area (Å²) in [6.07, 6.45) is 3.94. The van der Waals surface area contributed by atoms with Gasteiger partial charge in [0.1, 0.15) is 0 Å². The molecule has 4 nitrogen and oxygen atoms in total. The van der Waals surface area contributed by atoms with Crippen LogP contribution in [0.4, 0.5) is 0 Å². The second-order valence-electron chi connectivity index (χ2n) is 7.94. The molecular formula is C27H31NO3S. The van der Waals surface area contributed by atoms with Crippen LogP contribution < -0.4 is 0 Å². The molecule has 0 amide bonds. The highest BCUT2D eigenvalue weighted by molar-refractivity contribution is 7.89. The van der Waals surface area contributed by atoms with Crippen LogP contribution in [0.15, 0.2) is 101 Å². The first-order chi connectivity index (χ1) is 15.5. The quantitative estimate of drug-likeness (QED) is 0.429. The minimum absolute atomic E-state index is 0.0511. The highest BCUT2D eigenvalue weighted by atomic mass is 32.2. The first-order valence-corrected chi connectivity index (χ1v) is 12.4. The number of nitrogens with zero attached hydrogens (tertiary/aromatic N) is 1. The van der Waals surface area contributed by atoms with Gasteiger partial charge in [-0.15, -0.1) is 0 Å². The Labute approximate surface area is 191 Å². The van der Waals surface area contributed by atoms with Gasteiger partial charge in [-0.05, 0) is 49.4 Å². The average molecular weight is 450 g/mol. The topological polar surface area (TPSA) is 57.6 Å². The number of hydrogen-bond donors (Lipinski definition) is 1. The number of sulfonamides is 1. The molecule has 0 aliphatic carbocycles. The Morgan fingerprint density at radius 3 is 1.88 bits per heavy atom. The fourth-order valence-electron chi connectivity index (χ4n) is 3.57. The lowest BCUT2D eigenvalue weighted by Crippen LogP contribution is -2.33. The summed E-state index contributed by atoms with van der Waals surface area (Å²) in [4.78, 5) is 0.280. The van der Waals surface area contributed by atoms with Gasteiger partial charge in [0.25, 0.3) is 0 Å². The van der Waals surface area contributed by atoms with Crippen LogP contribution in [0.1, 0.15) is 23.1 Å². The largest absolute Gasteiger partial charge is 0.396 e. The molecule has 0 aliphatic rings. The molecule has 1 N–H and O–H groups in total. The molecule has 168 valence electrons. The molecule has 3 rings (SSSR count). The molecule has 0 atom stereocenters. The SMILES string of the molecule is Cc1ccc(S(=O)(=O)N(CC=C(Cc2ccccc2)Cc2ccccc2)CCCO)cc1. The zero-order valence-corrected chi connectivity index (χ0v) is 19.3. The third-order valence-corrected chi connectivity index (χ3v) is 7.24. The molecule has 0 aliphatic heterocycles. The van der Waals surface area contributed by atoms with Gasteiger partial charge in [-0.25, -0.2) is 8.42 Å². The van der Waals surface area contributed by atoms with E-state index in [-0.39, 0.29) is 24.6 Å². The summed E-state index contributed by atoms with van der Waals surface area (Å²) >= 11 is 0. The van der Waals surface area contributed by atoms with Gasteiger partial charge in [0.05, 0.1) is 4.90 Å². The maximum atomic E-state index is 13.3. The van der Waals surface area contributed by atoms with E-state index in [2.05, 4.69) is 24.3 Å². The van der Waals surface area contributed by atoms with E-state index in [4.69, 9.17) is 0 Å². The van der Waals surface area contributed by atoms with Gasteiger partial charge in [0, 0.05) is 19.7 Å². The lowest BCUT2D eigenvalue weighted by atomic mass is 9.98. The Morgan fingerprint density at radius 1 is 0.844 bits per heavy atom. The van der Waals surface area contributed by atoms with Crippen molar-refractivity contribution in [2.75, 3.05) is 19.7 Å². The molecule has 3 aromatic rings. The van der Waals surface area contributed by atoms with E-state index >= 15 is 0 Å². The Kier molecular flexibility index (Phi) is 8.80. The number of aliphatic hydroxyl groups is 1. The third kappa shape index (κ3) is 6.89. The van der Waals surface area contributed by atoms with Crippen molar-refractivity contribution in [1.82, 2.24) is 4.31 Å². The Bertz CT molecular complexity index is 1050. The van der Waals surface area contributed by atoms with Crippen molar-refractivity contribution in [1.29, 1.82) is 0 Å². The van der Waals surface area contributed by atoms with Crippen LogP contribution in [0.3, 0.4) is 0 Å². The molecule has 0 unspecified atom stereocenters.